The molecule has 0 aromatic rings. The fourth-order valence-corrected chi connectivity index (χ4v) is 0.686. The highest BCUT2D eigenvalue weighted by atomic mass is 19.1. The number of aliphatic imine (C=N–C) groups is 1. The van der Waals surface area contributed by atoms with Crippen molar-refractivity contribution in [3.63, 3.8) is 0 Å². The molecule has 1 rings (SSSR count). The Kier molecular flexibility index (Phi) is 2.03. The van der Waals surface area contributed by atoms with E-state index in [1.54, 1.807) is 6.54 Å². The van der Waals surface area contributed by atoms with Crippen LogP contribution in [0.3, 0.4) is 0 Å². The molecular formula is C6H9FN2. The first-order chi connectivity index (χ1) is 4.36. The molecule has 3 heteroatoms. The highest BCUT2D eigenvalue weighted by Gasteiger charge is 2.15. The van der Waals surface area contributed by atoms with Gasteiger partial charge in [0.05, 0.1) is 12.6 Å². The van der Waals surface area contributed by atoms with Crippen LogP contribution in [-0.4, -0.2) is 24.1 Å². The van der Waals surface area contributed by atoms with Crippen LogP contribution < -0.4 is 0 Å². The highest BCUT2D eigenvalue weighted by Crippen LogP contribution is 2.10. The Morgan fingerprint density at radius 1 is 1.89 bits per heavy atom. The fraction of sp³-hybridized carbons (Fsp3) is 0.667. The van der Waals surface area contributed by atoms with Gasteiger partial charge in [-0.15, -0.1) is 0 Å². The van der Waals surface area contributed by atoms with Gasteiger partial charge in [0.25, 0.3) is 0 Å². The Hall–Kier alpha value is -0.600. The van der Waals surface area contributed by atoms with Crippen LogP contribution in [-0.2, 0) is 0 Å². The van der Waals surface area contributed by atoms with Crippen molar-refractivity contribution in [2.45, 2.75) is 19.4 Å². The number of halogens is 1. The van der Waals surface area contributed by atoms with Crippen LogP contribution in [0.1, 0.15) is 13.3 Å². The van der Waals surface area contributed by atoms with Crippen molar-refractivity contribution >= 4 is 6.34 Å². The molecular weight excluding hydrogens is 119 g/mol. The van der Waals surface area contributed by atoms with Crippen molar-refractivity contribution < 1.29 is 4.39 Å². The number of rotatable bonds is 2. The average Bonchev–Trinajstić information content (AvgIpc) is 2.34. The zero-order chi connectivity index (χ0) is 6.69. The van der Waals surface area contributed by atoms with E-state index < -0.39 is 6.80 Å². The smallest absolute Gasteiger partial charge is 0.169 e. The van der Waals surface area contributed by atoms with Gasteiger partial charge in [-0.25, -0.2) is 4.39 Å². The summed E-state index contributed by atoms with van der Waals surface area (Å²) in [4.78, 5) is 5.21. The van der Waals surface area contributed by atoms with E-state index in [-0.39, 0.29) is 6.04 Å². The predicted molar refractivity (Wildman–Crippen MR) is 33.6 cm³/mol. The Labute approximate surface area is 54.4 Å². The Bertz CT molecular complexity index is 102. The molecule has 1 atom stereocenters. The van der Waals surface area contributed by atoms with Gasteiger partial charge in [-0.1, -0.05) is 6.92 Å². The molecule has 0 N–H and O–H groups in total. The number of alkyl halides is 1. The molecule has 1 aliphatic heterocycles. The van der Waals surface area contributed by atoms with Gasteiger partial charge in [0, 0.05) is 0 Å². The molecule has 1 unspecified atom stereocenters. The van der Waals surface area contributed by atoms with E-state index in [9.17, 15) is 4.39 Å². The van der Waals surface area contributed by atoms with Gasteiger partial charge in [-0.2, -0.15) is 0 Å². The third-order valence-electron chi connectivity index (χ3n) is 1.25. The number of nitrogens with zero attached hydrogens (tertiary/aromatic N) is 2. The van der Waals surface area contributed by atoms with Gasteiger partial charge >= 0.3 is 0 Å². The first kappa shape index (κ1) is 6.52. The second-order valence-electron chi connectivity index (χ2n) is 1.94. The van der Waals surface area contributed by atoms with Crippen molar-refractivity contribution in [2.75, 3.05) is 6.80 Å². The first-order valence-corrected chi connectivity index (χ1v) is 3.00. The van der Waals surface area contributed by atoms with Crippen molar-refractivity contribution in [1.82, 2.24) is 4.90 Å². The zero-order valence-electron chi connectivity index (χ0n) is 5.34. The molecule has 1 aliphatic rings. The Balaban J connectivity index is 2.31. The highest BCUT2D eigenvalue weighted by molar-refractivity contribution is 5.59. The summed E-state index contributed by atoms with van der Waals surface area (Å²) >= 11 is 0. The van der Waals surface area contributed by atoms with Crippen LogP contribution >= 0.6 is 0 Å². The SMILES string of the molecule is CCC1[CH]N(CF)[C]=N1. The maximum Gasteiger partial charge on any atom is 0.169 e. The van der Waals surface area contributed by atoms with E-state index >= 15 is 0 Å². The van der Waals surface area contributed by atoms with Gasteiger partial charge < -0.3 is 4.90 Å². The number of hydrogen-bond acceptors (Lipinski definition) is 2. The second kappa shape index (κ2) is 2.80. The molecule has 9 heavy (non-hydrogen) atoms. The van der Waals surface area contributed by atoms with Crippen LogP contribution in [0, 0.1) is 6.54 Å². The molecule has 0 saturated carbocycles. The second-order valence-corrected chi connectivity index (χ2v) is 1.94. The van der Waals surface area contributed by atoms with Gasteiger partial charge in [-0.3, -0.25) is 4.99 Å². The van der Waals surface area contributed by atoms with E-state index in [1.807, 2.05) is 6.92 Å². The summed E-state index contributed by atoms with van der Waals surface area (Å²) in [5.41, 5.74) is 0. The molecule has 2 nitrogen and oxygen atoms in total. The van der Waals surface area contributed by atoms with Crippen molar-refractivity contribution in [2.24, 2.45) is 4.99 Å². The minimum atomic E-state index is -0.514. The molecule has 0 aromatic carbocycles. The largest absolute Gasteiger partial charge is 0.319 e. The van der Waals surface area contributed by atoms with Crippen molar-refractivity contribution in [3.8, 4) is 0 Å². The zero-order valence-corrected chi connectivity index (χ0v) is 5.34. The van der Waals surface area contributed by atoms with Crippen LogP contribution in [0.15, 0.2) is 4.99 Å². The maximum atomic E-state index is 11.8. The van der Waals surface area contributed by atoms with E-state index in [0.717, 1.165) is 6.42 Å². The minimum absolute atomic E-state index is 0.153. The summed E-state index contributed by atoms with van der Waals surface area (Å²) in [6.45, 7) is 3.23. The van der Waals surface area contributed by atoms with E-state index in [2.05, 4.69) is 11.3 Å². The molecule has 0 fully saturated rings. The number of hydrogen-bond donors (Lipinski definition) is 0. The van der Waals surface area contributed by atoms with Gasteiger partial charge in [-0.05, 0) is 6.42 Å². The first-order valence-electron chi connectivity index (χ1n) is 3.00. The Morgan fingerprint density at radius 3 is 3.00 bits per heavy atom. The lowest BCUT2D eigenvalue weighted by Crippen LogP contribution is -2.15. The lowest BCUT2D eigenvalue weighted by atomic mass is 10.2. The van der Waals surface area contributed by atoms with Crippen LogP contribution in [0.4, 0.5) is 4.39 Å². The summed E-state index contributed by atoms with van der Waals surface area (Å²) in [6, 6.07) is 0.153. The standard InChI is InChI=1S/C6H9FN2/c1-2-6-3-9(4-7)5-8-6/h3,6H,2,4H2,1H3. The van der Waals surface area contributed by atoms with Crippen LogP contribution in [0.5, 0.6) is 0 Å². The molecule has 0 amide bonds. The molecule has 2 radical (unpaired) electrons. The van der Waals surface area contributed by atoms with E-state index in [0.29, 0.717) is 0 Å². The topological polar surface area (TPSA) is 15.6 Å². The van der Waals surface area contributed by atoms with E-state index in [1.165, 1.54) is 4.90 Å². The van der Waals surface area contributed by atoms with Crippen LogP contribution in [0.25, 0.3) is 0 Å². The summed E-state index contributed by atoms with van der Waals surface area (Å²) in [5.74, 6) is 0. The third kappa shape index (κ3) is 1.40. The molecule has 0 aromatic heterocycles. The molecule has 0 aliphatic carbocycles. The van der Waals surface area contributed by atoms with Crippen molar-refractivity contribution in [3.05, 3.63) is 6.54 Å². The van der Waals surface area contributed by atoms with Crippen LogP contribution in [0.2, 0.25) is 0 Å². The van der Waals surface area contributed by atoms with E-state index in [4.69, 9.17) is 0 Å². The van der Waals surface area contributed by atoms with Crippen molar-refractivity contribution in [1.29, 1.82) is 0 Å². The summed E-state index contributed by atoms with van der Waals surface area (Å²) in [6.07, 6.45) is 3.46. The average molecular weight is 128 g/mol. The summed E-state index contributed by atoms with van der Waals surface area (Å²) < 4.78 is 11.8. The molecule has 1 heterocycles. The van der Waals surface area contributed by atoms with Gasteiger partial charge in [0.2, 0.25) is 0 Å². The Morgan fingerprint density at radius 2 is 2.67 bits per heavy atom. The minimum Gasteiger partial charge on any atom is -0.319 e. The normalized spacial score (nSPS) is 25.6. The molecule has 50 valence electrons. The third-order valence-corrected chi connectivity index (χ3v) is 1.25. The predicted octanol–water partition coefficient (Wildman–Crippen LogP) is 1.07. The monoisotopic (exact) mass is 128 g/mol. The summed E-state index contributed by atoms with van der Waals surface area (Å²) in [5, 5.41) is 0. The lowest BCUT2D eigenvalue weighted by Gasteiger charge is -2.07. The quantitative estimate of drug-likeness (QED) is 0.508. The lowest BCUT2D eigenvalue weighted by molar-refractivity contribution is 0.327. The fourth-order valence-electron chi connectivity index (χ4n) is 0.686. The molecule has 0 spiro atoms. The van der Waals surface area contributed by atoms with Gasteiger partial charge in [0.1, 0.15) is 0 Å². The van der Waals surface area contributed by atoms with Gasteiger partial charge in [0.15, 0.2) is 13.1 Å². The molecule has 0 bridgehead atoms. The molecule has 0 saturated heterocycles. The maximum absolute atomic E-state index is 11.8. The summed E-state index contributed by atoms with van der Waals surface area (Å²) in [7, 11) is 0.